The van der Waals surface area contributed by atoms with Gasteiger partial charge < -0.3 is 10.2 Å². The molecule has 0 bridgehead atoms. The fourth-order valence-corrected chi connectivity index (χ4v) is 0.971. The molecule has 3 heteroatoms. The zero-order chi connectivity index (χ0) is 6.57. The lowest BCUT2D eigenvalue weighted by molar-refractivity contribution is 0.241. The monoisotopic (exact) mass is 136 g/mol. The zero-order valence-electron chi connectivity index (χ0n) is 5.16. The summed E-state index contributed by atoms with van der Waals surface area (Å²) < 4.78 is 0. The van der Waals surface area contributed by atoms with E-state index in [1.54, 1.807) is 6.92 Å². The van der Waals surface area contributed by atoms with Gasteiger partial charge in [-0.05, 0) is 13.3 Å². The summed E-state index contributed by atoms with van der Waals surface area (Å²) >= 11 is 1.17. The second kappa shape index (κ2) is 4.18. The summed E-state index contributed by atoms with van der Waals surface area (Å²) in [6.07, 6.45) is 0.690. The van der Waals surface area contributed by atoms with Gasteiger partial charge in [0.25, 0.3) is 0 Å². The van der Waals surface area contributed by atoms with Crippen LogP contribution in [0.15, 0.2) is 0 Å². The molecule has 2 atom stereocenters. The molecule has 0 rings (SSSR count). The Bertz CT molecular complexity index is 56.4. The Morgan fingerprint density at radius 1 is 1.50 bits per heavy atom. The first kappa shape index (κ1) is 8.27. The molecule has 0 heterocycles. The van der Waals surface area contributed by atoms with Gasteiger partial charge in [-0.3, -0.25) is 0 Å². The summed E-state index contributed by atoms with van der Waals surface area (Å²) in [6.45, 7) is 3.52. The van der Waals surface area contributed by atoms with Crippen LogP contribution in [0.5, 0.6) is 0 Å². The molecule has 0 unspecified atom stereocenters. The van der Waals surface area contributed by atoms with Crippen LogP contribution >= 0.6 is 11.8 Å². The molecule has 2 N–H and O–H groups in total. The van der Waals surface area contributed by atoms with E-state index in [4.69, 9.17) is 10.2 Å². The Morgan fingerprint density at radius 2 is 2.00 bits per heavy atom. The van der Waals surface area contributed by atoms with Crippen molar-refractivity contribution in [2.45, 2.75) is 31.1 Å². The van der Waals surface area contributed by atoms with E-state index in [0.717, 1.165) is 0 Å². The van der Waals surface area contributed by atoms with Crippen molar-refractivity contribution >= 4 is 11.8 Å². The minimum atomic E-state index is -0.454. The number of aliphatic hydroxyl groups is 2. The first-order valence-corrected chi connectivity index (χ1v) is 3.62. The SMILES string of the molecule is CC[C@H](O)S[C@H](C)O. The molecule has 0 aromatic heterocycles. The van der Waals surface area contributed by atoms with Crippen LogP contribution in [0.1, 0.15) is 20.3 Å². The molecule has 2 nitrogen and oxygen atoms in total. The van der Waals surface area contributed by atoms with E-state index < -0.39 is 10.9 Å². The van der Waals surface area contributed by atoms with Gasteiger partial charge in [-0.1, -0.05) is 18.7 Å². The average Bonchev–Trinajstić information content (AvgIpc) is 1.65. The van der Waals surface area contributed by atoms with Gasteiger partial charge in [-0.2, -0.15) is 0 Å². The molecular formula is C5H12O2S. The fourth-order valence-electron chi connectivity index (χ4n) is 0.324. The molecule has 0 radical (unpaired) electrons. The van der Waals surface area contributed by atoms with Crippen molar-refractivity contribution in [2.75, 3.05) is 0 Å². The second-order valence-corrected chi connectivity index (χ2v) is 3.10. The van der Waals surface area contributed by atoms with Gasteiger partial charge in [-0.15, -0.1) is 0 Å². The summed E-state index contributed by atoms with van der Waals surface area (Å²) in [6, 6.07) is 0. The lowest BCUT2D eigenvalue weighted by Crippen LogP contribution is -2.04. The van der Waals surface area contributed by atoms with Gasteiger partial charge in [0.15, 0.2) is 0 Å². The van der Waals surface area contributed by atoms with Crippen LogP contribution in [0.25, 0.3) is 0 Å². The average molecular weight is 136 g/mol. The van der Waals surface area contributed by atoms with E-state index in [-0.39, 0.29) is 0 Å². The highest BCUT2D eigenvalue weighted by Crippen LogP contribution is 2.14. The maximum absolute atomic E-state index is 8.83. The predicted octanol–water partition coefficient (Wildman–Crippen LogP) is 0.786. The molecule has 0 aliphatic heterocycles. The molecule has 0 saturated carbocycles. The number of rotatable bonds is 3. The standard InChI is InChI=1S/C5H12O2S/c1-3-5(7)8-4(2)6/h4-7H,3H2,1-2H3/t4-,5-/m1/s1. The largest absolute Gasteiger partial charge is 0.383 e. The molecule has 0 saturated heterocycles. The van der Waals surface area contributed by atoms with Gasteiger partial charge in [-0.25, -0.2) is 0 Å². The van der Waals surface area contributed by atoms with Gasteiger partial charge in [0.2, 0.25) is 0 Å². The maximum atomic E-state index is 8.83. The van der Waals surface area contributed by atoms with Gasteiger partial charge in [0, 0.05) is 0 Å². The highest BCUT2D eigenvalue weighted by atomic mass is 32.2. The second-order valence-electron chi connectivity index (χ2n) is 1.60. The first-order valence-electron chi connectivity index (χ1n) is 2.68. The van der Waals surface area contributed by atoms with Crippen LogP contribution in [-0.2, 0) is 0 Å². The summed E-state index contributed by atoms with van der Waals surface area (Å²) in [5.41, 5.74) is -0.861. The van der Waals surface area contributed by atoms with E-state index in [0.29, 0.717) is 6.42 Å². The third kappa shape index (κ3) is 4.43. The molecule has 0 aromatic rings. The van der Waals surface area contributed by atoms with Crippen molar-refractivity contribution in [3.63, 3.8) is 0 Å². The molecule has 8 heavy (non-hydrogen) atoms. The number of hydrogen-bond acceptors (Lipinski definition) is 3. The summed E-state index contributed by atoms with van der Waals surface area (Å²) in [5, 5.41) is 17.5. The molecule has 0 aliphatic rings. The smallest absolute Gasteiger partial charge is 0.101 e. The minimum absolute atomic E-state index is 0.407. The quantitative estimate of drug-likeness (QED) is 0.563. The lowest BCUT2D eigenvalue weighted by Gasteiger charge is -2.07. The van der Waals surface area contributed by atoms with Crippen molar-refractivity contribution in [2.24, 2.45) is 0 Å². The third-order valence-electron chi connectivity index (χ3n) is 0.703. The van der Waals surface area contributed by atoms with E-state index >= 15 is 0 Å². The van der Waals surface area contributed by atoms with Crippen LogP contribution in [0, 0.1) is 0 Å². The van der Waals surface area contributed by atoms with Crippen molar-refractivity contribution in [1.29, 1.82) is 0 Å². The van der Waals surface area contributed by atoms with Crippen molar-refractivity contribution < 1.29 is 10.2 Å². The molecule has 0 fully saturated rings. The van der Waals surface area contributed by atoms with Crippen LogP contribution in [0.3, 0.4) is 0 Å². The Kier molecular flexibility index (Phi) is 4.32. The van der Waals surface area contributed by atoms with Gasteiger partial charge >= 0.3 is 0 Å². The molecule has 50 valence electrons. The van der Waals surface area contributed by atoms with Gasteiger partial charge in [0.1, 0.15) is 5.44 Å². The van der Waals surface area contributed by atoms with E-state index in [1.165, 1.54) is 11.8 Å². The van der Waals surface area contributed by atoms with Crippen molar-refractivity contribution in [3.05, 3.63) is 0 Å². The predicted molar refractivity (Wildman–Crippen MR) is 35.6 cm³/mol. The van der Waals surface area contributed by atoms with Gasteiger partial charge in [0.05, 0.1) is 5.44 Å². The molecular weight excluding hydrogens is 124 g/mol. The van der Waals surface area contributed by atoms with Crippen LogP contribution < -0.4 is 0 Å². The first-order chi connectivity index (χ1) is 3.66. The highest BCUT2D eigenvalue weighted by molar-refractivity contribution is 8.00. The van der Waals surface area contributed by atoms with Crippen LogP contribution in [0.2, 0.25) is 0 Å². The third-order valence-corrected chi connectivity index (χ3v) is 1.74. The zero-order valence-corrected chi connectivity index (χ0v) is 5.98. The molecule has 0 amide bonds. The summed E-state index contributed by atoms with van der Waals surface area (Å²) in [4.78, 5) is 0. The number of hydrogen-bond donors (Lipinski definition) is 2. The molecule has 0 spiro atoms. The number of thioether (sulfide) groups is 1. The topological polar surface area (TPSA) is 40.5 Å². The van der Waals surface area contributed by atoms with Crippen molar-refractivity contribution in [3.8, 4) is 0 Å². The Balaban J connectivity index is 3.10. The molecule has 0 aromatic carbocycles. The van der Waals surface area contributed by atoms with Crippen LogP contribution in [0.4, 0.5) is 0 Å². The van der Waals surface area contributed by atoms with E-state index in [9.17, 15) is 0 Å². The van der Waals surface area contributed by atoms with Crippen molar-refractivity contribution in [1.82, 2.24) is 0 Å². The lowest BCUT2D eigenvalue weighted by atomic mass is 10.5. The normalized spacial score (nSPS) is 18.0. The highest BCUT2D eigenvalue weighted by Gasteiger charge is 2.03. The minimum Gasteiger partial charge on any atom is -0.383 e. The number of aliphatic hydroxyl groups excluding tert-OH is 2. The fraction of sp³-hybridized carbons (Fsp3) is 1.00. The maximum Gasteiger partial charge on any atom is 0.101 e. The summed E-state index contributed by atoms with van der Waals surface area (Å²) in [7, 11) is 0. The molecule has 0 aliphatic carbocycles. The Labute approximate surface area is 53.9 Å². The van der Waals surface area contributed by atoms with Crippen LogP contribution in [-0.4, -0.2) is 21.1 Å². The van der Waals surface area contributed by atoms with E-state index in [2.05, 4.69) is 0 Å². The Morgan fingerprint density at radius 3 is 2.12 bits per heavy atom. The summed E-state index contributed by atoms with van der Waals surface area (Å²) in [5.74, 6) is 0. The Hall–Kier alpha value is 0.270. The van der Waals surface area contributed by atoms with E-state index in [1.807, 2.05) is 6.92 Å².